The molecule has 0 bridgehead atoms. The quantitative estimate of drug-likeness (QED) is 0.193. The molecule has 0 saturated carbocycles. The molecule has 2 aromatic rings. The molecule has 0 saturated heterocycles. The Balaban J connectivity index is 1.91. The van der Waals surface area contributed by atoms with Gasteiger partial charge in [-0.3, -0.25) is 14.1 Å². The third-order valence-electron chi connectivity index (χ3n) is 7.64. The minimum absolute atomic E-state index is 0.00535. The Labute approximate surface area is 261 Å². The van der Waals surface area contributed by atoms with Crippen molar-refractivity contribution in [1.82, 2.24) is 0 Å². The van der Waals surface area contributed by atoms with Crippen LogP contribution in [0.15, 0.2) is 64.7 Å². The zero-order chi connectivity index (χ0) is 33.3. The fourth-order valence-corrected chi connectivity index (χ4v) is 7.45. The van der Waals surface area contributed by atoms with Crippen molar-refractivity contribution >= 4 is 48.6 Å². The van der Waals surface area contributed by atoms with Crippen LogP contribution in [0.2, 0.25) is 0 Å². The SMILES string of the molecule is C/C=C(C1=c2cc3c(cc2Oc2cc4c(cc21)C(CS(=O)(=O)O)=CC(C)(C)N4)=NC(C)(C)C=C3CS(=O)(=O)O)\C(=C/C)C(=O)O. The highest BCUT2D eigenvalue weighted by Gasteiger charge is 2.33. The number of carbonyl (C=O) groups is 1. The van der Waals surface area contributed by atoms with E-state index in [1.165, 1.54) is 6.08 Å². The lowest BCUT2D eigenvalue weighted by atomic mass is 9.83. The lowest BCUT2D eigenvalue weighted by molar-refractivity contribution is -0.132. The summed E-state index contributed by atoms with van der Waals surface area (Å²) in [6.07, 6.45) is 6.49. The molecule has 0 unspecified atom stereocenters. The number of fused-ring (bicyclic) bond motifs is 4. The molecule has 3 aliphatic heterocycles. The van der Waals surface area contributed by atoms with E-state index >= 15 is 0 Å². The van der Waals surface area contributed by atoms with Crippen LogP contribution >= 0.6 is 0 Å². The maximum absolute atomic E-state index is 12.4. The van der Waals surface area contributed by atoms with Crippen LogP contribution in [0.3, 0.4) is 0 Å². The molecule has 0 aliphatic carbocycles. The predicted molar refractivity (Wildman–Crippen MR) is 172 cm³/mol. The van der Waals surface area contributed by atoms with Crippen molar-refractivity contribution < 1.29 is 40.6 Å². The van der Waals surface area contributed by atoms with Gasteiger partial charge >= 0.3 is 5.97 Å². The lowest BCUT2D eigenvalue weighted by Gasteiger charge is -2.34. The molecule has 2 aromatic carbocycles. The van der Waals surface area contributed by atoms with Crippen molar-refractivity contribution in [1.29, 1.82) is 0 Å². The first-order valence-corrected chi connectivity index (χ1v) is 17.3. The molecule has 3 heterocycles. The molecule has 0 radical (unpaired) electrons. The highest BCUT2D eigenvalue weighted by atomic mass is 32.2. The van der Waals surface area contributed by atoms with Crippen LogP contribution in [-0.4, -0.2) is 59.6 Å². The zero-order valence-electron chi connectivity index (χ0n) is 25.6. The average Bonchev–Trinajstić information content (AvgIpc) is 2.85. The average molecular weight is 655 g/mol. The Morgan fingerprint density at radius 2 is 1.49 bits per heavy atom. The zero-order valence-corrected chi connectivity index (χ0v) is 27.2. The number of allylic oxidation sites excluding steroid dienone is 2. The van der Waals surface area contributed by atoms with Gasteiger partial charge in [0.15, 0.2) is 0 Å². The van der Waals surface area contributed by atoms with Crippen LogP contribution in [0.25, 0.3) is 16.7 Å². The minimum atomic E-state index is -4.42. The number of ether oxygens (including phenoxy) is 1. The van der Waals surface area contributed by atoms with Gasteiger partial charge < -0.3 is 15.2 Å². The van der Waals surface area contributed by atoms with Crippen LogP contribution in [-0.2, 0) is 25.0 Å². The van der Waals surface area contributed by atoms with E-state index in [4.69, 9.17) is 9.73 Å². The van der Waals surface area contributed by atoms with Gasteiger partial charge in [-0.05, 0) is 70.4 Å². The molecule has 11 nitrogen and oxygen atoms in total. The summed E-state index contributed by atoms with van der Waals surface area (Å²) in [6, 6.07) is 6.74. The summed E-state index contributed by atoms with van der Waals surface area (Å²) in [6.45, 7) is 10.6. The molecular formula is C32H34N2O9S2. The number of benzene rings is 2. The summed E-state index contributed by atoms with van der Waals surface area (Å²) in [4.78, 5) is 17.2. The van der Waals surface area contributed by atoms with Gasteiger partial charge in [0.2, 0.25) is 0 Å². The van der Waals surface area contributed by atoms with E-state index in [0.29, 0.717) is 66.7 Å². The highest BCUT2D eigenvalue weighted by Crippen LogP contribution is 2.45. The molecule has 45 heavy (non-hydrogen) atoms. The van der Waals surface area contributed by atoms with Gasteiger partial charge in [-0.15, -0.1) is 0 Å². The van der Waals surface area contributed by atoms with E-state index in [2.05, 4.69) is 5.32 Å². The summed E-state index contributed by atoms with van der Waals surface area (Å²) in [5, 5.41) is 14.4. The number of hydrogen-bond acceptors (Lipinski definition) is 8. The first-order valence-electron chi connectivity index (χ1n) is 14.0. The van der Waals surface area contributed by atoms with Crippen molar-refractivity contribution in [3.05, 3.63) is 87.0 Å². The fourth-order valence-electron chi connectivity index (χ4n) is 6.18. The van der Waals surface area contributed by atoms with Crippen LogP contribution in [0.5, 0.6) is 11.5 Å². The first kappa shape index (κ1) is 32.4. The van der Waals surface area contributed by atoms with Gasteiger partial charge in [-0.25, -0.2) is 4.79 Å². The van der Waals surface area contributed by atoms with Crippen molar-refractivity contribution in [3.8, 4) is 11.5 Å². The number of aliphatic carboxylic acids is 1. The monoisotopic (exact) mass is 654 g/mol. The van der Waals surface area contributed by atoms with E-state index in [1.807, 2.05) is 13.8 Å². The molecule has 5 rings (SSSR count). The third-order valence-corrected chi connectivity index (χ3v) is 8.99. The Morgan fingerprint density at radius 1 is 0.867 bits per heavy atom. The Hall–Kier alpha value is -4.04. The molecule has 0 amide bonds. The van der Waals surface area contributed by atoms with Crippen LogP contribution < -0.4 is 20.6 Å². The van der Waals surface area contributed by atoms with Crippen LogP contribution in [0.4, 0.5) is 5.69 Å². The maximum Gasteiger partial charge on any atom is 0.335 e. The van der Waals surface area contributed by atoms with Crippen molar-refractivity contribution in [2.45, 2.75) is 52.6 Å². The minimum Gasteiger partial charge on any atom is -0.478 e. The summed E-state index contributed by atoms with van der Waals surface area (Å²) in [7, 11) is -8.83. The normalized spacial score (nSPS) is 18.5. The highest BCUT2D eigenvalue weighted by molar-refractivity contribution is 7.86. The van der Waals surface area contributed by atoms with Crippen LogP contribution in [0.1, 0.15) is 58.2 Å². The number of carboxylic acid groups (broad SMARTS) is 1. The van der Waals surface area contributed by atoms with E-state index in [9.17, 15) is 35.8 Å². The molecule has 3 aliphatic rings. The molecule has 13 heteroatoms. The molecule has 0 atom stereocenters. The number of anilines is 1. The second-order valence-electron chi connectivity index (χ2n) is 12.4. The third kappa shape index (κ3) is 6.52. The Kier molecular flexibility index (Phi) is 7.76. The number of hydrogen-bond donors (Lipinski definition) is 4. The predicted octanol–water partition coefficient (Wildman–Crippen LogP) is 4.13. The number of nitrogens with one attached hydrogen (secondary N) is 1. The number of nitrogens with zero attached hydrogens (tertiary/aromatic N) is 1. The maximum atomic E-state index is 12.4. The van der Waals surface area contributed by atoms with E-state index in [1.54, 1.807) is 70.2 Å². The van der Waals surface area contributed by atoms with Crippen LogP contribution in [0, 0.1) is 0 Å². The summed E-state index contributed by atoms with van der Waals surface area (Å²) in [5.41, 5.74) is 1.90. The Bertz CT molecular complexity index is 2150. The van der Waals surface area contributed by atoms with E-state index in [-0.39, 0.29) is 5.57 Å². The summed E-state index contributed by atoms with van der Waals surface area (Å²) >= 11 is 0. The standard InChI is InChI=1S/C32H34N2O9S2/c1-7-19(20(8-2)30(35)36)29-23-9-21-17(15-44(37,38)39)13-31(3,4)33-25(21)11-27(23)43-28-12-26-22(10-24(28)29)18(16-45(40,41)42)14-32(5,6)34-26/h7-14,33H,15-16H2,1-6H3,(H,35,36)(H,37,38,39)(H,40,41,42)/b19-7+,20-8+. The largest absolute Gasteiger partial charge is 0.478 e. The van der Waals surface area contributed by atoms with E-state index < -0.39 is 48.8 Å². The van der Waals surface area contributed by atoms with Gasteiger partial charge in [0, 0.05) is 45.3 Å². The first-order chi connectivity index (χ1) is 20.7. The van der Waals surface area contributed by atoms with E-state index in [0.717, 1.165) is 0 Å². The van der Waals surface area contributed by atoms with Gasteiger partial charge in [0.1, 0.15) is 23.0 Å². The molecule has 238 valence electrons. The van der Waals surface area contributed by atoms with Crippen molar-refractivity contribution in [2.75, 3.05) is 16.8 Å². The van der Waals surface area contributed by atoms with Crippen molar-refractivity contribution in [3.63, 3.8) is 0 Å². The lowest BCUT2D eigenvalue weighted by Crippen LogP contribution is -2.33. The van der Waals surface area contributed by atoms with Crippen molar-refractivity contribution in [2.24, 2.45) is 4.99 Å². The Morgan fingerprint density at radius 3 is 2.04 bits per heavy atom. The molecular weight excluding hydrogens is 620 g/mol. The molecule has 0 aromatic heterocycles. The van der Waals surface area contributed by atoms with Gasteiger partial charge in [-0.1, -0.05) is 24.3 Å². The topological polar surface area (TPSA) is 180 Å². The molecule has 4 N–H and O–H groups in total. The summed E-state index contributed by atoms with van der Waals surface area (Å²) in [5.74, 6) is -1.78. The fraction of sp³-hybridized carbons (Fsp3) is 0.312. The van der Waals surface area contributed by atoms with Gasteiger partial charge in [0.25, 0.3) is 20.2 Å². The second kappa shape index (κ2) is 10.8. The second-order valence-corrected chi connectivity index (χ2v) is 15.3. The molecule has 0 fully saturated rings. The van der Waals surface area contributed by atoms with Gasteiger partial charge in [-0.2, -0.15) is 16.8 Å². The smallest absolute Gasteiger partial charge is 0.335 e. The molecule has 0 spiro atoms. The number of carboxylic acids is 1. The summed E-state index contributed by atoms with van der Waals surface area (Å²) < 4.78 is 74.0. The van der Waals surface area contributed by atoms with Gasteiger partial charge in [0.05, 0.1) is 22.0 Å². The number of rotatable bonds is 7.